The molecule has 2 unspecified atom stereocenters. The second-order valence-electron chi connectivity index (χ2n) is 8.57. The summed E-state index contributed by atoms with van der Waals surface area (Å²) < 4.78 is 50.8. The Bertz CT molecular complexity index is 949. The van der Waals surface area contributed by atoms with Gasteiger partial charge in [-0.25, -0.2) is 4.79 Å². The molecule has 2 saturated heterocycles. The third-order valence-electron chi connectivity index (χ3n) is 6.43. The molecule has 4 rings (SSSR count). The lowest BCUT2D eigenvalue weighted by Crippen LogP contribution is -2.58. The van der Waals surface area contributed by atoms with Crippen LogP contribution in [-0.2, 0) is 23.1 Å². The summed E-state index contributed by atoms with van der Waals surface area (Å²) in [5, 5.41) is 11.5. The van der Waals surface area contributed by atoms with Crippen molar-refractivity contribution < 1.29 is 32.5 Å². The van der Waals surface area contributed by atoms with Crippen LogP contribution in [0.2, 0.25) is 0 Å². The molecule has 0 aliphatic carbocycles. The van der Waals surface area contributed by atoms with Crippen LogP contribution in [0, 0.1) is 0 Å². The Kier molecular flexibility index (Phi) is 6.07. The van der Waals surface area contributed by atoms with Gasteiger partial charge < -0.3 is 19.5 Å². The van der Waals surface area contributed by atoms with E-state index in [2.05, 4.69) is 0 Å². The third-order valence-corrected chi connectivity index (χ3v) is 6.43. The Balaban J connectivity index is 1.55. The van der Waals surface area contributed by atoms with E-state index in [1.54, 1.807) is 4.90 Å². The van der Waals surface area contributed by atoms with Crippen LogP contribution in [0.3, 0.4) is 0 Å². The molecule has 0 radical (unpaired) electrons. The largest absolute Gasteiger partial charge is 0.497 e. The number of alkyl halides is 3. The van der Waals surface area contributed by atoms with E-state index in [0.717, 1.165) is 24.1 Å². The molecule has 2 aliphatic heterocycles. The number of rotatable bonds is 4. The Morgan fingerprint density at radius 2 is 1.78 bits per heavy atom. The molecule has 2 aromatic rings. The average Bonchev–Trinajstić information content (AvgIpc) is 2.76. The number of hydrogen-bond donors (Lipinski definition) is 1. The summed E-state index contributed by atoms with van der Waals surface area (Å²) >= 11 is 0. The second-order valence-corrected chi connectivity index (χ2v) is 8.57. The van der Waals surface area contributed by atoms with Crippen molar-refractivity contribution in [2.75, 3.05) is 7.11 Å². The highest BCUT2D eigenvalue weighted by Crippen LogP contribution is 2.46. The van der Waals surface area contributed by atoms with Gasteiger partial charge >= 0.3 is 12.3 Å². The van der Waals surface area contributed by atoms with E-state index in [1.165, 1.54) is 13.2 Å². The van der Waals surface area contributed by atoms with Gasteiger partial charge in [0.05, 0.1) is 18.3 Å². The summed E-state index contributed by atoms with van der Waals surface area (Å²) in [6.45, 7) is 0.144. The topological polar surface area (TPSA) is 59.0 Å². The maximum absolute atomic E-state index is 13.4. The number of carbonyl (C=O) groups is 1. The molecule has 32 heavy (non-hydrogen) atoms. The maximum Gasteiger partial charge on any atom is 0.416 e. The fourth-order valence-corrected chi connectivity index (χ4v) is 4.91. The normalized spacial score (nSPS) is 25.3. The molecule has 172 valence electrons. The molecule has 2 bridgehead atoms. The Labute approximate surface area is 184 Å². The number of carbonyl (C=O) groups excluding carboxylic acids is 1. The first kappa shape index (κ1) is 22.5. The van der Waals surface area contributed by atoms with Crippen molar-refractivity contribution in [3.8, 4) is 5.75 Å². The zero-order valence-corrected chi connectivity index (χ0v) is 17.8. The predicted molar refractivity (Wildman–Crippen MR) is 111 cm³/mol. The van der Waals surface area contributed by atoms with Gasteiger partial charge in [-0.15, -0.1) is 0 Å². The van der Waals surface area contributed by atoms with Gasteiger partial charge in [-0.05, 0) is 48.6 Å². The molecular weight excluding hydrogens is 423 g/mol. The summed E-state index contributed by atoms with van der Waals surface area (Å²) in [4.78, 5) is 14.5. The molecule has 8 heteroatoms. The van der Waals surface area contributed by atoms with Crippen molar-refractivity contribution in [2.24, 2.45) is 0 Å². The van der Waals surface area contributed by atoms with Crippen LogP contribution in [0.15, 0.2) is 48.5 Å². The van der Waals surface area contributed by atoms with Crippen molar-refractivity contribution in [2.45, 2.75) is 62.6 Å². The highest BCUT2D eigenvalue weighted by molar-refractivity contribution is 5.69. The van der Waals surface area contributed by atoms with E-state index in [1.807, 2.05) is 30.3 Å². The van der Waals surface area contributed by atoms with Crippen LogP contribution in [0.4, 0.5) is 18.0 Å². The van der Waals surface area contributed by atoms with Gasteiger partial charge in [0.2, 0.25) is 0 Å². The number of halogens is 3. The summed E-state index contributed by atoms with van der Waals surface area (Å²) in [6.07, 6.45) is -2.50. The molecule has 1 N–H and O–H groups in total. The molecule has 2 aliphatic rings. The predicted octanol–water partition coefficient (Wildman–Crippen LogP) is 5.26. The number of methoxy groups -OCH3 is 1. The van der Waals surface area contributed by atoms with Gasteiger partial charge in [-0.1, -0.05) is 30.3 Å². The monoisotopic (exact) mass is 449 g/mol. The third kappa shape index (κ3) is 4.55. The number of fused-ring (bicyclic) bond motifs is 2. The lowest BCUT2D eigenvalue weighted by Gasteiger charge is -2.51. The van der Waals surface area contributed by atoms with Gasteiger partial charge in [0.15, 0.2) is 0 Å². The van der Waals surface area contributed by atoms with Crippen molar-refractivity contribution in [3.63, 3.8) is 0 Å². The van der Waals surface area contributed by atoms with Crippen LogP contribution in [0.5, 0.6) is 5.75 Å². The highest BCUT2D eigenvalue weighted by Gasteiger charge is 2.49. The fraction of sp³-hybridized carbons (Fsp3) is 0.458. The first-order chi connectivity index (χ1) is 15.2. The van der Waals surface area contributed by atoms with Gasteiger partial charge in [0.1, 0.15) is 12.4 Å². The lowest BCUT2D eigenvalue weighted by molar-refractivity contribution is -0.138. The molecule has 0 saturated carbocycles. The van der Waals surface area contributed by atoms with Gasteiger partial charge in [-0.3, -0.25) is 0 Å². The maximum atomic E-state index is 13.4. The van der Waals surface area contributed by atoms with Crippen LogP contribution >= 0.6 is 0 Å². The van der Waals surface area contributed by atoms with Crippen LogP contribution in [0.25, 0.3) is 0 Å². The minimum absolute atomic E-state index is 0.0399. The van der Waals surface area contributed by atoms with Crippen molar-refractivity contribution in [1.82, 2.24) is 4.90 Å². The number of piperidine rings is 2. The van der Waals surface area contributed by atoms with Gasteiger partial charge in [0, 0.05) is 24.9 Å². The standard InChI is InChI=1S/C24H26F3NO4/c1-31-21-11-17(10-18(12-21)24(25,26)27)23(30)13-19-8-5-9-20(14-23)28(19)22(29)32-15-16-6-3-2-4-7-16/h2-4,6-7,10-12,19-20,30H,5,8-9,13-15H2,1H3. The molecule has 0 aromatic heterocycles. The summed E-state index contributed by atoms with van der Waals surface area (Å²) in [5.41, 5.74) is -1.32. The Morgan fingerprint density at radius 1 is 1.12 bits per heavy atom. The van der Waals surface area contributed by atoms with Gasteiger partial charge in [0.25, 0.3) is 0 Å². The smallest absolute Gasteiger partial charge is 0.416 e. The van der Waals surface area contributed by atoms with Crippen molar-refractivity contribution in [1.29, 1.82) is 0 Å². The highest BCUT2D eigenvalue weighted by atomic mass is 19.4. The van der Waals surface area contributed by atoms with Crippen LogP contribution in [-0.4, -0.2) is 35.3 Å². The minimum atomic E-state index is -4.56. The summed E-state index contributed by atoms with van der Waals surface area (Å²) in [5.74, 6) is 0.0399. The van der Waals surface area contributed by atoms with E-state index >= 15 is 0 Å². The van der Waals surface area contributed by atoms with Gasteiger partial charge in [-0.2, -0.15) is 13.2 Å². The molecule has 0 spiro atoms. The van der Waals surface area contributed by atoms with Crippen molar-refractivity contribution in [3.05, 3.63) is 65.2 Å². The van der Waals surface area contributed by atoms with E-state index < -0.39 is 23.4 Å². The van der Waals surface area contributed by atoms with Crippen LogP contribution < -0.4 is 4.74 Å². The molecular formula is C24H26F3NO4. The number of nitrogens with zero attached hydrogens (tertiary/aromatic N) is 1. The van der Waals surface area contributed by atoms with E-state index in [0.29, 0.717) is 12.8 Å². The Hall–Kier alpha value is -2.74. The quantitative estimate of drug-likeness (QED) is 0.692. The zero-order chi connectivity index (χ0) is 22.9. The number of amides is 1. The lowest BCUT2D eigenvalue weighted by atomic mass is 9.72. The average molecular weight is 449 g/mol. The molecule has 2 aromatic carbocycles. The molecule has 5 nitrogen and oxygen atoms in total. The SMILES string of the molecule is COc1cc(C(F)(F)F)cc(C2(O)CC3CCCC(C2)N3C(=O)OCc2ccccc2)c1. The zero-order valence-electron chi connectivity index (χ0n) is 17.8. The number of aliphatic hydroxyl groups is 1. The summed E-state index contributed by atoms with van der Waals surface area (Å²) in [6, 6.07) is 12.1. The van der Waals surface area contributed by atoms with Crippen LogP contribution in [0.1, 0.15) is 48.8 Å². The second kappa shape index (κ2) is 8.65. The summed E-state index contributed by atoms with van der Waals surface area (Å²) in [7, 11) is 1.30. The molecule has 2 fully saturated rings. The molecule has 2 atom stereocenters. The van der Waals surface area contributed by atoms with E-state index in [4.69, 9.17) is 9.47 Å². The molecule has 2 heterocycles. The minimum Gasteiger partial charge on any atom is -0.497 e. The van der Waals surface area contributed by atoms with Crippen molar-refractivity contribution >= 4 is 6.09 Å². The number of benzene rings is 2. The van der Waals surface area contributed by atoms with E-state index in [9.17, 15) is 23.1 Å². The number of hydrogen-bond acceptors (Lipinski definition) is 4. The fourth-order valence-electron chi connectivity index (χ4n) is 4.91. The molecule has 1 amide bonds. The number of ether oxygens (including phenoxy) is 2. The first-order valence-electron chi connectivity index (χ1n) is 10.7. The van der Waals surface area contributed by atoms with E-state index in [-0.39, 0.29) is 42.8 Å². The Morgan fingerprint density at radius 3 is 2.38 bits per heavy atom. The first-order valence-corrected chi connectivity index (χ1v) is 10.7.